The molecular weight excluding hydrogens is 196 g/mol. The number of likely N-dealkylation sites (tertiary alicyclic amines) is 1. The van der Waals surface area contributed by atoms with Gasteiger partial charge in [0.1, 0.15) is 0 Å². The van der Waals surface area contributed by atoms with E-state index in [-0.39, 0.29) is 0 Å². The first-order valence-corrected chi connectivity index (χ1v) is 6.24. The second-order valence-electron chi connectivity index (χ2n) is 4.92. The van der Waals surface area contributed by atoms with Gasteiger partial charge in [0.25, 0.3) is 0 Å². The van der Waals surface area contributed by atoms with Gasteiger partial charge in [-0.1, -0.05) is 19.1 Å². The number of nitrogens with one attached hydrogen (secondary N) is 1. The van der Waals surface area contributed by atoms with Gasteiger partial charge in [0.05, 0.1) is 0 Å². The van der Waals surface area contributed by atoms with Crippen LogP contribution in [-0.4, -0.2) is 30.6 Å². The summed E-state index contributed by atoms with van der Waals surface area (Å²) in [5.41, 5.74) is 2.68. The zero-order chi connectivity index (χ0) is 11.5. The maximum absolute atomic E-state index is 3.63. The Bertz CT molecular complexity index is 338. The summed E-state index contributed by atoms with van der Waals surface area (Å²) in [4.78, 5) is 2.42. The molecule has 88 valence electrons. The Morgan fingerprint density at radius 1 is 1.44 bits per heavy atom. The maximum Gasteiger partial charge on any atom is 0.0403 e. The molecule has 16 heavy (non-hydrogen) atoms. The van der Waals surface area contributed by atoms with Gasteiger partial charge in [0.15, 0.2) is 0 Å². The minimum absolute atomic E-state index is 0.604. The van der Waals surface area contributed by atoms with Gasteiger partial charge in [-0.25, -0.2) is 0 Å². The lowest BCUT2D eigenvalue weighted by Gasteiger charge is -2.15. The van der Waals surface area contributed by atoms with E-state index in [4.69, 9.17) is 0 Å². The third kappa shape index (κ3) is 2.56. The van der Waals surface area contributed by atoms with Crippen molar-refractivity contribution in [3.05, 3.63) is 29.8 Å². The Hall–Kier alpha value is -1.02. The molecule has 1 aliphatic heterocycles. The Balaban J connectivity index is 1.99. The highest BCUT2D eigenvalue weighted by Crippen LogP contribution is 2.20. The van der Waals surface area contributed by atoms with Crippen molar-refractivity contribution in [3.8, 4) is 0 Å². The summed E-state index contributed by atoms with van der Waals surface area (Å²) in [5, 5.41) is 3.63. The Labute approximate surface area is 98.7 Å². The number of nitrogens with zero attached hydrogens (tertiary/aromatic N) is 1. The first kappa shape index (κ1) is 11.5. The fourth-order valence-corrected chi connectivity index (χ4v) is 2.42. The standard InChI is InChI=1S/C14H22N2/c1-4-12-6-5-7-13(9-12)15-14-8-11(2)16(3)10-14/h5-7,9,11,14-15H,4,8,10H2,1-3H3. The quantitative estimate of drug-likeness (QED) is 0.839. The third-order valence-electron chi connectivity index (χ3n) is 3.59. The predicted octanol–water partition coefficient (Wildman–Crippen LogP) is 2.75. The zero-order valence-electron chi connectivity index (χ0n) is 10.5. The number of rotatable bonds is 3. The Morgan fingerprint density at radius 3 is 2.88 bits per heavy atom. The van der Waals surface area contributed by atoms with Gasteiger partial charge in [-0.2, -0.15) is 0 Å². The third-order valence-corrected chi connectivity index (χ3v) is 3.59. The molecule has 1 aromatic carbocycles. The van der Waals surface area contributed by atoms with E-state index in [2.05, 4.69) is 55.4 Å². The molecule has 2 heteroatoms. The lowest BCUT2D eigenvalue weighted by atomic mass is 10.1. The van der Waals surface area contributed by atoms with Gasteiger partial charge in [0.2, 0.25) is 0 Å². The molecule has 0 aromatic heterocycles. The van der Waals surface area contributed by atoms with Gasteiger partial charge in [-0.05, 0) is 44.5 Å². The maximum atomic E-state index is 3.63. The fourth-order valence-electron chi connectivity index (χ4n) is 2.42. The minimum atomic E-state index is 0.604. The highest BCUT2D eigenvalue weighted by atomic mass is 15.2. The highest BCUT2D eigenvalue weighted by Gasteiger charge is 2.25. The molecule has 0 aliphatic carbocycles. The molecule has 1 aliphatic rings. The lowest BCUT2D eigenvalue weighted by molar-refractivity contribution is 0.330. The second kappa shape index (κ2) is 4.88. The SMILES string of the molecule is CCc1cccc(NC2CC(C)N(C)C2)c1. The van der Waals surface area contributed by atoms with Crippen LogP contribution in [0.15, 0.2) is 24.3 Å². The zero-order valence-corrected chi connectivity index (χ0v) is 10.5. The molecule has 2 atom stereocenters. The number of hydrogen-bond acceptors (Lipinski definition) is 2. The average molecular weight is 218 g/mol. The van der Waals surface area contributed by atoms with Crippen molar-refractivity contribution >= 4 is 5.69 Å². The molecule has 1 fully saturated rings. The summed E-state index contributed by atoms with van der Waals surface area (Å²) in [5.74, 6) is 0. The minimum Gasteiger partial charge on any atom is -0.381 e. The van der Waals surface area contributed by atoms with E-state index >= 15 is 0 Å². The van der Waals surface area contributed by atoms with E-state index in [0.29, 0.717) is 12.1 Å². The molecule has 0 spiro atoms. The first-order chi connectivity index (χ1) is 7.69. The molecule has 0 saturated carbocycles. The highest BCUT2D eigenvalue weighted by molar-refractivity contribution is 5.46. The summed E-state index contributed by atoms with van der Waals surface area (Å²) >= 11 is 0. The van der Waals surface area contributed by atoms with E-state index in [1.54, 1.807) is 0 Å². The van der Waals surface area contributed by atoms with Crippen molar-refractivity contribution in [2.45, 2.75) is 38.8 Å². The molecule has 1 N–H and O–H groups in total. The number of benzene rings is 1. The van der Waals surface area contributed by atoms with E-state index in [0.717, 1.165) is 13.0 Å². The Morgan fingerprint density at radius 2 is 2.25 bits per heavy atom. The number of hydrogen-bond donors (Lipinski definition) is 1. The van der Waals surface area contributed by atoms with Crippen molar-refractivity contribution in [1.82, 2.24) is 4.90 Å². The number of anilines is 1. The monoisotopic (exact) mass is 218 g/mol. The average Bonchev–Trinajstić information content (AvgIpc) is 2.58. The number of likely N-dealkylation sites (N-methyl/N-ethyl adjacent to an activating group) is 1. The normalized spacial score (nSPS) is 25.9. The van der Waals surface area contributed by atoms with Crippen molar-refractivity contribution in [3.63, 3.8) is 0 Å². The van der Waals surface area contributed by atoms with Gasteiger partial charge in [0, 0.05) is 24.3 Å². The van der Waals surface area contributed by atoms with Crippen LogP contribution in [-0.2, 0) is 6.42 Å². The van der Waals surface area contributed by atoms with Gasteiger partial charge in [-0.15, -0.1) is 0 Å². The van der Waals surface area contributed by atoms with Gasteiger partial charge in [-0.3, -0.25) is 0 Å². The topological polar surface area (TPSA) is 15.3 Å². The van der Waals surface area contributed by atoms with E-state index in [9.17, 15) is 0 Å². The van der Waals surface area contributed by atoms with Crippen molar-refractivity contribution in [2.24, 2.45) is 0 Å². The fraction of sp³-hybridized carbons (Fsp3) is 0.571. The van der Waals surface area contributed by atoms with Crippen molar-refractivity contribution < 1.29 is 0 Å². The molecule has 0 bridgehead atoms. The Kier molecular flexibility index (Phi) is 3.49. The molecule has 1 heterocycles. The van der Waals surface area contributed by atoms with Crippen LogP contribution in [0, 0.1) is 0 Å². The molecule has 2 rings (SSSR count). The van der Waals surface area contributed by atoms with E-state index in [1.165, 1.54) is 17.7 Å². The second-order valence-corrected chi connectivity index (χ2v) is 4.92. The van der Waals surface area contributed by atoms with Crippen LogP contribution >= 0.6 is 0 Å². The van der Waals surface area contributed by atoms with Crippen LogP contribution in [0.1, 0.15) is 25.8 Å². The molecule has 0 amide bonds. The molecule has 1 saturated heterocycles. The summed E-state index contributed by atoms with van der Waals surface area (Å²) in [6.45, 7) is 5.65. The summed E-state index contributed by atoms with van der Waals surface area (Å²) in [6.07, 6.45) is 2.35. The number of aryl methyl sites for hydroxylation is 1. The largest absolute Gasteiger partial charge is 0.381 e. The molecule has 2 unspecified atom stereocenters. The lowest BCUT2D eigenvalue weighted by Crippen LogP contribution is -2.24. The van der Waals surface area contributed by atoms with Gasteiger partial charge < -0.3 is 10.2 Å². The van der Waals surface area contributed by atoms with E-state index < -0.39 is 0 Å². The van der Waals surface area contributed by atoms with Crippen LogP contribution in [0.25, 0.3) is 0 Å². The van der Waals surface area contributed by atoms with Crippen molar-refractivity contribution in [2.75, 3.05) is 18.9 Å². The van der Waals surface area contributed by atoms with Crippen molar-refractivity contribution in [1.29, 1.82) is 0 Å². The predicted molar refractivity (Wildman–Crippen MR) is 69.9 cm³/mol. The summed E-state index contributed by atoms with van der Waals surface area (Å²) < 4.78 is 0. The molecule has 0 radical (unpaired) electrons. The van der Waals surface area contributed by atoms with E-state index in [1.807, 2.05) is 0 Å². The van der Waals surface area contributed by atoms with Crippen LogP contribution in [0.4, 0.5) is 5.69 Å². The molecule has 1 aromatic rings. The molecular formula is C14H22N2. The first-order valence-electron chi connectivity index (χ1n) is 6.24. The van der Waals surface area contributed by atoms with Crippen LogP contribution < -0.4 is 5.32 Å². The summed E-state index contributed by atoms with van der Waals surface area (Å²) in [7, 11) is 2.20. The van der Waals surface area contributed by atoms with Gasteiger partial charge >= 0.3 is 0 Å². The molecule has 2 nitrogen and oxygen atoms in total. The summed E-state index contributed by atoms with van der Waals surface area (Å²) in [6, 6.07) is 10.1. The van der Waals surface area contributed by atoms with Crippen LogP contribution in [0.2, 0.25) is 0 Å². The smallest absolute Gasteiger partial charge is 0.0403 e. The van der Waals surface area contributed by atoms with Crippen LogP contribution in [0.5, 0.6) is 0 Å². The van der Waals surface area contributed by atoms with Crippen LogP contribution in [0.3, 0.4) is 0 Å².